The molecule has 0 amide bonds. The summed E-state index contributed by atoms with van der Waals surface area (Å²) in [5, 5.41) is 0. The third-order valence-electron chi connectivity index (χ3n) is 2.45. The van der Waals surface area contributed by atoms with Crippen molar-refractivity contribution in [2.45, 2.75) is 6.18 Å². The van der Waals surface area contributed by atoms with E-state index in [4.69, 9.17) is 9.47 Å². The van der Waals surface area contributed by atoms with E-state index in [1.807, 2.05) is 0 Å². The molecule has 0 aliphatic carbocycles. The molecule has 2 rings (SSSR count). The molecule has 2 aromatic rings. The number of nitrogens with zero attached hydrogens (tertiary/aromatic N) is 2. The largest absolute Gasteiger partial charge is 0.451 e. The molecule has 0 aliphatic heterocycles. The van der Waals surface area contributed by atoms with Crippen LogP contribution in [0.2, 0.25) is 0 Å². The van der Waals surface area contributed by atoms with Crippen LogP contribution in [-0.2, 0) is 10.9 Å². The van der Waals surface area contributed by atoms with Gasteiger partial charge in [0, 0.05) is 31.1 Å². The maximum Gasteiger partial charge on any atom is 0.417 e. The molecule has 106 valence electrons. The minimum absolute atomic E-state index is 0.0386. The summed E-state index contributed by atoms with van der Waals surface area (Å²) in [5.41, 5.74) is 0.230. The van der Waals surface area contributed by atoms with E-state index in [0.717, 1.165) is 12.3 Å². The molecule has 0 N–H and O–H groups in total. The van der Waals surface area contributed by atoms with Crippen molar-refractivity contribution in [3.8, 4) is 17.1 Å². The van der Waals surface area contributed by atoms with Crippen LogP contribution in [0.3, 0.4) is 0 Å². The topological polar surface area (TPSA) is 44.2 Å². The second-order valence-corrected chi connectivity index (χ2v) is 3.86. The smallest absolute Gasteiger partial charge is 0.417 e. The summed E-state index contributed by atoms with van der Waals surface area (Å²) in [6, 6.07) is 5.50. The highest BCUT2D eigenvalue weighted by atomic mass is 19.4. The summed E-state index contributed by atoms with van der Waals surface area (Å²) in [4.78, 5) is 7.75. The first-order chi connectivity index (χ1) is 9.50. The lowest BCUT2D eigenvalue weighted by Crippen LogP contribution is -2.05. The van der Waals surface area contributed by atoms with E-state index in [0.29, 0.717) is 17.1 Å². The van der Waals surface area contributed by atoms with E-state index in [-0.39, 0.29) is 6.79 Å². The van der Waals surface area contributed by atoms with Gasteiger partial charge in [0.25, 0.3) is 0 Å². The van der Waals surface area contributed by atoms with Crippen LogP contribution < -0.4 is 4.74 Å². The van der Waals surface area contributed by atoms with Crippen molar-refractivity contribution in [3.63, 3.8) is 0 Å². The number of hydrogen-bond acceptors (Lipinski definition) is 4. The third kappa shape index (κ3) is 3.45. The molecule has 20 heavy (non-hydrogen) atoms. The van der Waals surface area contributed by atoms with Gasteiger partial charge in [-0.3, -0.25) is 4.98 Å². The summed E-state index contributed by atoms with van der Waals surface area (Å²) in [6.45, 7) is 0.0386. The average Bonchev–Trinajstić information content (AvgIpc) is 2.45. The normalized spacial score (nSPS) is 11.4. The molecule has 0 radical (unpaired) electrons. The van der Waals surface area contributed by atoms with Gasteiger partial charge in [-0.25, -0.2) is 4.98 Å². The standard InChI is InChI=1S/C13H11F3N2O2/c1-19-8-20-12-6-9(4-5-17-12)11-3-2-10(7-18-11)13(14,15)16/h2-7H,8H2,1H3. The van der Waals surface area contributed by atoms with E-state index in [1.54, 1.807) is 12.1 Å². The highest BCUT2D eigenvalue weighted by Gasteiger charge is 2.30. The fourth-order valence-electron chi connectivity index (χ4n) is 1.50. The number of ether oxygens (including phenoxy) is 2. The van der Waals surface area contributed by atoms with Gasteiger partial charge in [-0.15, -0.1) is 0 Å². The zero-order chi connectivity index (χ0) is 14.6. The van der Waals surface area contributed by atoms with Gasteiger partial charge in [-0.1, -0.05) is 0 Å². The molecule has 0 saturated heterocycles. The predicted octanol–water partition coefficient (Wildman–Crippen LogP) is 3.15. The Labute approximate surface area is 113 Å². The Morgan fingerprint density at radius 3 is 2.55 bits per heavy atom. The van der Waals surface area contributed by atoms with E-state index < -0.39 is 11.7 Å². The first-order valence-electron chi connectivity index (χ1n) is 5.62. The highest BCUT2D eigenvalue weighted by molar-refractivity contribution is 5.59. The lowest BCUT2D eigenvalue weighted by atomic mass is 10.1. The first-order valence-corrected chi connectivity index (χ1v) is 5.62. The molecule has 0 fully saturated rings. The predicted molar refractivity (Wildman–Crippen MR) is 65.0 cm³/mol. The molecule has 0 aromatic carbocycles. The third-order valence-corrected chi connectivity index (χ3v) is 2.45. The Morgan fingerprint density at radius 1 is 1.15 bits per heavy atom. The number of halogens is 3. The lowest BCUT2D eigenvalue weighted by molar-refractivity contribution is -0.137. The fourth-order valence-corrected chi connectivity index (χ4v) is 1.50. The Hall–Kier alpha value is -2.15. The Morgan fingerprint density at radius 2 is 1.95 bits per heavy atom. The van der Waals surface area contributed by atoms with Crippen molar-refractivity contribution in [3.05, 3.63) is 42.2 Å². The van der Waals surface area contributed by atoms with Crippen LogP contribution in [0.15, 0.2) is 36.7 Å². The van der Waals surface area contributed by atoms with Gasteiger partial charge >= 0.3 is 6.18 Å². The van der Waals surface area contributed by atoms with Crippen molar-refractivity contribution >= 4 is 0 Å². The molecule has 2 heterocycles. The molecule has 2 aromatic heterocycles. The summed E-state index contributed by atoms with van der Waals surface area (Å²) in [7, 11) is 1.47. The Kier molecular flexibility index (Phi) is 4.19. The molecule has 0 unspecified atom stereocenters. The van der Waals surface area contributed by atoms with Gasteiger partial charge in [0.05, 0.1) is 11.3 Å². The zero-order valence-corrected chi connectivity index (χ0v) is 10.5. The maximum atomic E-state index is 12.4. The lowest BCUT2D eigenvalue weighted by Gasteiger charge is -2.08. The quantitative estimate of drug-likeness (QED) is 0.809. The van der Waals surface area contributed by atoms with Crippen molar-refractivity contribution in [1.82, 2.24) is 9.97 Å². The summed E-state index contributed by atoms with van der Waals surface area (Å²) >= 11 is 0. The molecular weight excluding hydrogens is 273 g/mol. The van der Waals surface area contributed by atoms with Crippen molar-refractivity contribution in [1.29, 1.82) is 0 Å². The van der Waals surface area contributed by atoms with E-state index >= 15 is 0 Å². The second kappa shape index (κ2) is 5.87. The van der Waals surface area contributed by atoms with Crippen LogP contribution in [0, 0.1) is 0 Å². The van der Waals surface area contributed by atoms with E-state index in [1.165, 1.54) is 19.4 Å². The molecular formula is C13H11F3N2O2. The molecule has 0 atom stereocenters. The van der Waals surface area contributed by atoms with Crippen molar-refractivity contribution in [2.24, 2.45) is 0 Å². The molecule has 0 spiro atoms. The average molecular weight is 284 g/mol. The second-order valence-electron chi connectivity index (χ2n) is 3.86. The van der Waals surface area contributed by atoms with Crippen LogP contribution in [0.4, 0.5) is 13.2 Å². The van der Waals surface area contributed by atoms with Gasteiger partial charge in [-0.2, -0.15) is 13.2 Å². The van der Waals surface area contributed by atoms with Crippen LogP contribution in [0.5, 0.6) is 5.88 Å². The van der Waals surface area contributed by atoms with Gasteiger partial charge in [0.15, 0.2) is 6.79 Å². The van der Waals surface area contributed by atoms with Gasteiger partial charge in [0.1, 0.15) is 0 Å². The summed E-state index contributed by atoms with van der Waals surface area (Å²) < 4.78 is 47.2. The van der Waals surface area contributed by atoms with Gasteiger partial charge < -0.3 is 9.47 Å². The van der Waals surface area contributed by atoms with Gasteiger partial charge in [-0.05, 0) is 18.2 Å². The molecule has 4 nitrogen and oxygen atoms in total. The number of hydrogen-bond donors (Lipinski definition) is 0. The number of methoxy groups -OCH3 is 1. The van der Waals surface area contributed by atoms with Gasteiger partial charge in [0.2, 0.25) is 5.88 Å². The zero-order valence-electron chi connectivity index (χ0n) is 10.5. The molecule has 0 bridgehead atoms. The SMILES string of the molecule is COCOc1cc(-c2ccc(C(F)(F)F)cn2)ccn1. The monoisotopic (exact) mass is 284 g/mol. The number of pyridine rings is 2. The fraction of sp³-hybridized carbons (Fsp3) is 0.231. The highest BCUT2D eigenvalue weighted by Crippen LogP contribution is 2.30. The maximum absolute atomic E-state index is 12.4. The van der Waals surface area contributed by atoms with E-state index in [2.05, 4.69) is 9.97 Å². The number of aromatic nitrogens is 2. The van der Waals surface area contributed by atoms with Crippen molar-refractivity contribution < 1.29 is 22.6 Å². The summed E-state index contributed by atoms with van der Waals surface area (Å²) in [5.74, 6) is 0.311. The summed E-state index contributed by atoms with van der Waals surface area (Å²) in [6.07, 6.45) is -2.11. The first kappa shape index (κ1) is 14.3. The minimum atomic E-state index is -4.39. The van der Waals surface area contributed by atoms with Crippen LogP contribution in [0.1, 0.15) is 5.56 Å². The van der Waals surface area contributed by atoms with Crippen LogP contribution in [0.25, 0.3) is 11.3 Å². The Balaban J connectivity index is 2.23. The number of rotatable bonds is 4. The van der Waals surface area contributed by atoms with Crippen LogP contribution >= 0.6 is 0 Å². The minimum Gasteiger partial charge on any atom is -0.451 e. The van der Waals surface area contributed by atoms with E-state index in [9.17, 15) is 13.2 Å². The Bertz CT molecular complexity index is 571. The van der Waals surface area contributed by atoms with Crippen LogP contribution in [-0.4, -0.2) is 23.9 Å². The number of alkyl halides is 3. The molecule has 7 heteroatoms. The van der Waals surface area contributed by atoms with Crippen molar-refractivity contribution in [2.75, 3.05) is 13.9 Å². The molecule has 0 aliphatic rings. The molecule has 0 saturated carbocycles.